The summed E-state index contributed by atoms with van der Waals surface area (Å²) in [6.45, 7) is 11.2. The molecule has 0 saturated heterocycles. The number of carbonyl (C=O) groups is 3. The minimum Gasteiger partial charge on any atom is -0.481 e. The second-order valence-corrected chi connectivity index (χ2v) is 17.6. The van der Waals surface area contributed by atoms with Gasteiger partial charge in [-0.2, -0.15) is 0 Å². The Morgan fingerprint density at radius 1 is 0.242 bits per heavy atom. The van der Waals surface area contributed by atoms with Gasteiger partial charge in [-0.3, -0.25) is 14.4 Å². The van der Waals surface area contributed by atoms with Crippen molar-refractivity contribution >= 4 is 17.9 Å². The SMILES string of the molecule is CCCCCCCC(=O)O.CCCCCCCCCCCCCCCC(=O)O.CCCCCCCCCCCCCCCC(=O)O.CCCCCCCCCCCCO.CCO. The van der Waals surface area contributed by atoms with Crippen molar-refractivity contribution in [1.82, 2.24) is 0 Å². The highest BCUT2D eigenvalue weighted by atomic mass is 16.4. The Kier molecular flexibility index (Phi) is 79.4. The normalized spacial score (nSPS) is 10.3. The molecule has 0 unspecified atom stereocenters. The maximum atomic E-state index is 10.3. The van der Waals surface area contributed by atoms with Gasteiger partial charge in [0.15, 0.2) is 0 Å². The van der Waals surface area contributed by atoms with Crippen molar-refractivity contribution in [2.75, 3.05) is 13.2 Å². The van der Waals surface area contributed by atoms with Crippen LogP contribution in [0.4, 0.5) is 0 Å². The summed E-state index contributed by atoms with van der Waals surface area (Å²) in [6, 6.07) is 0. The van der Waals surface area contributed by atoms with E-state index >= 15 is 0 Å². The lowest BCUT2D eigenvalue weighted by Crippen LogP contribution is -1.93. The summed E-state index contributed by atoms with van der Waals surface area (Å²) in [5.41, 5.74) is 0. The van der Waals surface area contributed by atoms with E-state index < -0.39 is 17.9 Å². The fourth-order valence-corrected chi connectivity index (χ4v) is 7.07. The number of carboxylic acid groups (broad SMARTS) is 3. The molecule has 0 bridgehead atoms. The minimum absolute atomic E-state index is 0.250. The summed E-state index contributed by atoms with van der Waals surface area (Å²) in [6.07, 6.45) is 53.7. The quantitative estimate of drug-likeness (QED) is 0.0379. The van der Waals surface area contributed by atoms with Crippen molar-refractivity contribution in [2.45, 2.75) is 317 Å². The number of hydrogen-bond acceptors (Lipinski definition) is 5. The second-order valence-electron chi connectivity index (χ2n) is 17.6. The van der Waals surface area contributed by atoms with Crippen LogP contribution in [-0.2, 0) is 14.4 Å². The highest BCUT2D eigenvalue weighted by molar-refractivity contribution is 5.67. The zero-order chi connectivity index (χ0) is 47.3. The van der Waals surface area contributed by atoms with E-state index in [2.05, 4.69) is 27.7 Å². The van der Waals surface area contributed by atoms with Crippen molar-refractivity contribution in [3.63, 3.8) is 0 Å². The van der Waals surface area contributed by atoms with Crippen LogP contribution in [0.5, 0.6) is 0 Å². The van der Waals surface area contributed by atoms with Crippen molar-refractivity contribution in [2.24, 2.45) is 0 Å². The number of carboxylic acids is 3. The summed E-state index contributed by atoms with van der Waals surface area (Å²) in [7, 11) is 0. The van der Waals surface area contributed by atoms with Crippen LogP contribution in [0.15, 0.2) is 0 Å². The monoisotopic (exact) mass is 889 g/mol. The molecule has 0 aromatic rings. The molecule has 0 fully saturated rings. The summed E-state index contributed by atoms with van der Waals surface area (Å²) >= 11 is 0. The maximum Gasteiger partial charge on any atom is 0.303 e. The molecule has 0 aliphatic heterocycles. The molecule has 5 N–H and O–H groups in total. The molecule has 0 aromatic heterocycles. The Balaban J connectivity index is -0.000000233. The van der Waals surface area contributed by atoms with E-state index in [0.29, 0.717) is 25.9 Å². The van der Waals surface area contributed by atoms with Gasteiger partial charge in [0.1, 0.15) is 0 Å². The minimum atomic E-state index is -0.670. The molecule has 0 radical (unpaired) electrons. The first-order valence-corrected chi connectivity index (χ1v) is 27.0. The third-order valence-corrected chi connectivity index (χ3v) is 11.0. The lowest BCUT2D eigenvalue weighted by atomic mass is 10.0. The molecular formula is C54H112O8. The molecule has 0 aromatic carbocycles. The largest absolute Gasteiger partial charge is 0.481 e. The lowest BCUT2D eigenvalue weighted by molar-refractivity contribution is -0.138. The number of aliphatic hydroxyl groups excluding tert-OH is 2. The van der Waals surface area contributed by atoms with Gasteiger partial charge in [0.2, 0.25) is 0 Å². The van der Waals surface area contributed by atoms with Crippen LogP contribution in [0.1, 0.15) is 317 Å². The van der Waals surface area contributed by atoms with Crippen molar-refractivity contribution in [3.05, 3.63) is 0 Å². The first-order chi connectivity index (χ1) is 30.1. The third kappa shape index (κ3) is 93.3. The molecule has 0 aliphatic rings. The molecular weight excluding hydrogens is 777 g/mol. The van der Waals surface area contributed by atoms with Gasteiger partial charge in [-0.05, 0) is 32.6 Å². The van der Waals surface area contributed by atoms with E-state index in [9.17, 15) is 14.4 Å². The van der Waals surface area contributed by atoms with E-state index in [1.54, 1.807) is 6.92 Å². The zero-order valence-electron chi connectivity index (χ0n) is 42.5. The first-order valence-electron chi connectivity index (χ1n) is 27.0. The molecule has 376 valence electrons. The molecule has 0 rings (SSSR count). The predicted molar refractivity (Wildman–Crippen MR) is 269 cm³/mol. The summed E-state index contributed by atoms with van der Waals surface area (Å²) in [5, 5.41) is 41.4. The average Bonchev–Trinajstić information content (AvgIpc) is 3.24. The van der Waals surface area contributed by atoms with Crippen LogP contribution < -0.4 is 0 Å². The van der Waals surface area contributed by atoms with E-state index in [-0.39, 0.29) is 6.61 Å². The molecule has 0 spiro atoms. The molecule has 0 atom stereocenters. The van der Waals surface area contributed by atoms with Crippen LogP contribution in [-0.4, -0.2) is 56.7 Å². The molecule has 0 heterocycles. The molecule has 8 heteroatoms. The summed E-state index contributed by atoms with van der Waals surface area (Å²) in [5.74, 6) is -1.98. The van der Waals surface area contributed by atoms with Crippen LogP contribution in [0.3, 0.4) is 0 Å². The molecule has 62 heavy (non-hydrogen) atoms. The van der Waals surface area contributed by atoms with Gasteiger partial charge in [-0.25, -0.2) is 0 Å². The Morgan fingerprint density at radius 3 is 0.500 bits per heavy atom. The topological polar surface area (TPSA) is 152 Å². The van der Waals surface area contributed by atoms with Gasteiger partial charge < -0.3 is 25.5 Å². The Hall–Kier alpha value is -1.67. The van der Waals surface area contributed by atoms with Crippen LogP contribution in [0.2, 0.25) is 0 Å². The van der Waals surface area contributed by atoms with E-state index in [0.717, 1.165) is 44.9 Å². The van der Waals surface area contributed by atoms with Crippen LogP contribution in [0.25, 0.3) is 0 Å². The number of aliphatic hydroxyl groups is 2. The molecule has 0 aliphatic carbocycles. The summed E-state index contributed by atoms with van der Waals surface area (Å²) in [4.78, 5) is 30.6. The van der Waals surface area contributed by atoms with E-state index in [4.69, 9.17) is 25.5 Å². The number of hydrogen-bond donors (Lipinski definition) is 5. The fourth-order valence-electron chi connectivity index (χ4n) is 7.07. The van der Waals surface area contributed by atoms with Gasteiger partial charge in [-0.1, -0.05) is 265 Å². The Morgan fingerprint density at radius 2 is 0.371 bits per heavy atom. The van der Waals surface area contributed by atoms with Gasteiger partial charge in [0, 0.05) is 32.5 Å². The molecule has 8 nitrogen and oxygen atoms in total. The van der Waals surface area contributed by atoms with Crippen LogP contribution in [0, 0.1) is 0 Å². The van der Waals surface area contributed by atoms with E-state index in [1.807, 2.05) is 0 Å². The lowest BCUT2D eigenvalue weighted by Gasteiger charge is -2.02. The first kappa shape index (κ1) is 69.4. The van der Waals surface area contributed by atoms with Gasteiger partial charge >= 0.3 is 17.9 Å². The van der Waals surface area contributed by atoms with Crippen molar-refractivity contribution in [3.8, 4) is 0 Å². The Labute approximate surface area is 387 Å². The maximum absolute atomic E-state index is 10.3. The second kappa shape index (κ2) is 71.0. The van der Waals surface area contributed by atoms with Gasteiger partial charge in [0.05, 0.1) is 0 Å². The number of unbranched alkanes of at least 4 members (excludes halogenated alkanes) is 37. The summed E-state index contributed by atoms with van der Waals surface area (Å²) < 4.78 is 0. The smallest absolute Gasteiger partial charge is 0.303 e. The molecule has 0 saturated carbocycles. The highest BCUT2D eigenvalue weighted by Gasteiger charge is 1.99. The Bertz CT molecular complexity index is 740. The number of rotatable bonds is 44. The average molecular weight is 889 g/mol. The third-order valence-electron chi connectivity index (χ3n) is 11.0. The van der Waals surface area contributed by atoms with Crippen molar-refractivity contribution < 1.29 is 39.9 Å². The standard InChI is InChI=1S/2C16H32O2.C12H26O.C8H16O2.C2H6O/c2*1-2-3-4-5-6-7-8-9-10-11-12-13-14-15-16(17)18;1-2-3-4-5-6-7-8-9-10-11-12-13;1-2-3-4-5-6-7-8(9)10;1-2-3/h2*2-15H2,1H3,(H,17,18);13H,2-12H2,1H3;2-7H2,1H3,(H,9,10);3H,2H2,1H3. The van der Waals surface area contributed by atoms with E-state index in [1.165, 1.54) is 218 Å². The van der Waals surface area contributed by atoms with Gasteiger partial charge in [0.25, 0.3) is 0 Å². The van der Waals surface area contributed by atoms with Gasteiger partial charge in [-0.15, -0.1) is 0 Å². The zero-order valence-corrected chi connectivity index (χ0v) is 42.5. The van der Waals surface area contributed by atoms with Crippen molar-refractivity contribution in [1.29, 1.82) is 0 Å². The van der Waals surface area contributed by atoms with Crippen LogP contribution >= 0.6 is 0 Å². The highest BCUT2D eigenvalue weighted by Crippen LogP contribution is 2.15. The molecule has 0 amide bonds. The number of aliphatic carboxylic acids is 3. The fraction of sp³-hybridized carbons (Fsp3) is 0.944. The predicted octanol–water partition coefficient (Wildman–Crippen LogP) is 17.4.